The molecule has 0 N–H and O–H groups in total. The van der Waals surface area contributed by atoms with Crippen molar-refractivity contribution in [2.24, 2.45) is 5.92 Å². The van der Waals surface area contributed by atoms with Crippen LogP contribution in [0, 0.1) is 5.92 Å². The van der Waals surface area contributed by atoms with E-state index in [2.05, 4.69) is 79.3 Å². The Labute approximate surface area is 115 Å². The second-order valence-corrected chi connectivity index (χ2v) is 5.08. The van der Waals surface area contributed by atoms with Crippen molar-refractivity contribution in [1.82, 2.24) is 0 Å². The zero-order chi connectivity index (χ0) is 13.1. The molecule has 0 aliphatic carbocycles. The molecule has 1 heteroatoms. The highest BCUT2D eigenvalue weighted by atomic mass is 14.2. The van der Waals surface area contributed by atoms with E-state index in [4.69, 9.17) is 0 Å². The Bertz CT molecular complexity index is 584. The van der Waals surface area contributed by atoms with Crippen LogP contribution in [0.3, 0.4) is 0 Å². The van der Waals surface area contributed by atoms with E-state index in [0.29, 0.717) is 12.6 Å². The van der Waals surface area contributed by atoms with Crippen LogP contribution in [-0.2, 0) is 0 Å². The van der Waals surface area contributed by atoms with Gasteiger partial charge in [0.1, 0.15) is 0 Å². The highest BCUT2D eigenvalue weighted by molar-refractivity contribution is 6.79. The fourth-order valence-corrected chi connectivity index (χ4v) is 2.91. The zero-order valence-electron chi connectivity index (χ0n) is 11.0. The molecule has 0 radical (unpaired) electrons. The first-order valence-electron chi connectivity index (χ1n) is 6.83. The molecule has 1 heterocycles. The second kappa shape index (κ2) is 5.32. The van der Waals surface area contributed by atoms with Gasteiger partial charge in [-0.3, -0.25) is 0 Å². The van der Waals surface area contributed by atoms with Crippen LogP contribution < -0.4 is 5.46 Å². The van der Waals surface area contributed by atoms with E-state index in [1.807, 2.05) is 0 Å². The van der Waals surface area contributed by atoms with E-state index in [-0.39, 0.29) is 0 Å². The summed E-state index contributed by atoms with van der Waals surface area (Å²) in [5, 5.41) is 0. The molecule has 2 aromatic carbocycles. The minimum atomic E-state index is 0.465. The third-order valence-electron chi connectivity index (χ3n) is 3.91. The fourth-order valence-electron chi connectivity index (χ4n) is 2.91. The lowest BCUT2D eigenvalue weighted by atomic mass is 9.44. The van der Waals surface area contributed by atoms with Crippen LogP contribution in [0.25, 0.3) is 5.57 Å². The van der Waals surface area contributed by atoms with Crippen LogP contribution in [0.15, 0.2) is 79.3 Å². The van der Waals surface area contributed by atoms with Crippen molar-refractivity contribution in [3.8, 4) is 0 Å². The third-order valence-corrected chi connectivity index (χ3v) is 3.91. The van der Waals surface area contributed by atoms with Crippen molar-refractivity contribution in [3.05, 3.63) is 84.9 Å². The molecule has 0 bridgehead atoms. The predicted molar refractivity (Wildman–Crippen MR) is 84.7 cm³/mol. The molecule has 0 nitrogen and oxygen atoms in total. The lowest BCUT2D eigenvalue weighted by molar-refractivity contribution is 0.974. The van der Waals surface area contributed by atoms with Crippen molar-refractivity contribution < 1.29 is 0 Å². The van der Waals surface area contributed by atoms with Gasteiger partial charge in [0.15, 0.2) is 0 Å². The van der Waals surface area contributed by atoms with Crippen LogP contribution in [-0.4, -0.2) is 6.71 Å². The van der Waals surface area contributed by atoms with Gasteiger partial charge in [-0.2, -0.15) is 0 Å². The van der Waals surface area contributed by atoms with Gasteiger partial charge in [0.2, 0.25) is 6.71 Å². The Morgan fingerprint density at radius 3 is 2.21 bits per heavy atom. The first kappa shape index (κ1) is 12.0. The lowest BCUT2D eigenvalue weighted by Crippen LogP contribution is -2.26. The van der Waals surface area contributed by atoms with Crippen LogP contribution in [0.1, 0.15) is 5.56 Å². The van der Waals surface area contributed by atoms with E-state index in [1.165, 1.54) is 16.6 Å². The van der Waals surface area contributed by atoms with Gasteiger partial charge in [0.25, 0.3) is 0 Å². The maximum absolute atomic E-state index is 4.01. The molecule has 0 fully saturated rings. The molecule has 1 aliphatic rings. The van der Waals surface area contributed by atoms with E-state index < -0.39 is 0 Å². The van der Waals surface area contributed by atoms with Crippen molar-refractivity contribution in [2.75, 3.05) is 0 Å². The predicted octanol–water partition coefficient (Wildman–Crippen LogP) is 3.83. The Hall–Kier alpha value is -2.02. The maximum atomic E-state index is 4.01. The normalized spacial score (nSPS) is 18.2. The van der Waals surface area contributed by atoms with Crippen LogP contribution in [0.5, 0.6) is 0 Å². The van der Waals surface area contributed by atoms with Crippen molar-refractivity contribution >= 4 is 17.7 Å². The minimum absolute atomic E-state index is 0.465. The van der Waals surface area contributed by atoms with Crippen LogP contribution >= 0.6 is 0 Å². The van der Waals surface area contributed by atoms with Gasteiger partial charge in [-0.1, -0.05) is 78.5 Å². The number of rotatable bonds is 3. The highest BCUT2D eigenvalue weighted by Crippen LogP contribution is 2.34. The second-order valence-electron chi connectivity index (χ2n) is 5.08. The van der Waals surface area contributed by atoms with Crippen molar-refractivity contribution in [2.45, 2.75) is 6.32 Å². The molecule has 1 aliphatic heterocycles. The molecule has 92 valence electrons. The molecule has 3 rings (SSSR count). The molecule has 1 unspecified atom stereocenters. The number of hydrogen-bond acceptors (Lipinski definition) is 0. The smallest absolute Gasteiger partial charge is 0.106 e. The molecule has 1 atom stereocenters. The lowest BCUT2D eigenvalue weighted by Gasteiger charge is -2.11. The van der Waals surface area contributed by atoms with E-state index in [9.17, 15) is 0 Å². The summed E-state index contributed by atoms with van der Waals surface area (Å²) in [6.07, 6.45) is 3.22. The number of benzene rings is 2. The Morgan fingerprint density at radius 2 is 1.58 bits per heavy atom. The topological polar surface area (TPSA) is 0 Å². The summed E-state index contributed by atoms with van der Waals surface area (Å²) >= 11 is 0. The summed E-state index contributed by atoms with van der Waals surface area (Å²) in [6, 6.07) is 21.4. The maximum Gasteiger partial charge on any atom is 0.202 e. The molecule has 2 aromatic rings. The van der Waals surface area contributed by atoms with E-state index in [1.54, 1.807) is 0 Å². The van der Waals surface area contributed by atoms with Crippen molar-refractivity contribution in [3.63, 3.8) is 0 Å². The minimum Gasteiger partial charge on any atom is -0.106 e. The summed E-state index contributed by atoms with van der Waals surface area (Å²) in [6.45, 7) is 4.52. The van der Waals surface area contributed by atoms with Crippen LogP contribution in [0.2, 0.25) is 6.32 Å². The van der Waals surface area contributed by atoms with Gasteiger partial charge in [-0.25, -0.2) is 0 Å². The van der Waals surface area contributed by atoms with Gasteiger partial charge in [-0.15, -0.1) is 12.6 Å². The monoisotopic (exact) mass is 244 g/mol. The molecule has 19 heavy (non-hydrogen) atoms. The van der Waals surface area contributed by atoms with Gasteiger partial charge in [-0.05, 0) is 17.1 Å². The van der Waals surface area contributed by atoms with Crippen molar-refractivity contribution in [1.29, 1.82) is 0 Å². The van der Waals surface area contributed by atoms with Gasteiger partial charge in [0.05, 0.1) is 0 Å². The van der Waals surface area contributed by atoms with E-state index >= 15 is 0 Å². The summed E-state index contributed by atoms with van der Waals surface area (Å²) in [5.74, 6) is 2.88. The summed E-state index contributed by atoms with van der Waals surface area (Å²) < 4.78 is 0. The molecule has 0 spiro atoms. The fraction of sp³-hybridized carbons (Fsp3) is 0.111. The third kappa shape index (κ3) is 2.41. The Morgan fingerprint density at radius 1 is 0.947 bits per heavy atom. The summed E-state index contributed by atoms with van der Waals surface area (Å²) in [5.41, 5.74) is 4.15. The van der Waals surface area contributed by atoms with E-state index in [0.717, 1.165) is 6.32 Å². The van der Waals surface area contributed by atoms with Gasteiger partial charge >= 0.3 is 0 Å². The van der Waals surface area contributed by atoms with Gasteiger partial charge < -0.3 is 0 Å². The Kier molecular flexibility index (Phi) is 3.37. The number of hydrogen-bond donors (Lipinski definition) is 0. The first-order valence-corrected chi connectivity index (χ1v) is 6.83. The highest BCUT2D eigenvalue weighted by Gasteiger charge is 2.28. The molecule has 0 amide bonds. The number of allylic oxidation sites excluding steroid dienone is 2. The zero-order valence-corrected chi connectivity index (χ0v) is 11.0. The average Bonchev–Trinajstić information content (AvgIpc) is 2.93. The SMILES string of the molecule is C=CC1CB(c2ccccc2)C=C1c1ccccc1. The summed E-state index contributed by atoms with van der Waals surface area (Å²) in [7, 11) is 0. The standard InChI is InChI=1S/C18H17B/c1-2-15-13-19(17-11-7-4-8-12-17)14-18(15)16-9-5-3-6-10-16/h2-12,14-15H,1,13H2. The molecule has 0 saturated heterocycles. The van der Waals surface area contributed by atoms with Gasteiger partial charge in [0, 0.05) is 0 Å². The first-order chi connectivity index (χ1) is 9.38. The largest absolute Gasteiger partial charge is 0.202 e. The molecular weight excluding hydrogens is 227 g/mol. The quantitative estimate of drug-likeness (QED) is 0.568. The molecular formula is C18H17B. The van der Waals surface area contributed by atoms with Crippen LogP contribution in [0.4, 0.5) is 0 Å². The summed E-state index contributed by atoms with van der Waals surface area (Å²) in [4.78, 5) is 0. The molecule has 0 saturated carbocycles. The molecule has 0 aromatic heterocycles. The Balaban J connectivity index is 1.96. The average molecular weight is 244 g/mol.